The largest absolute Gasteiger partial charge is 0.480 e. The fourth-order valence-corrected chi connectivity index (χ4v) is 3.63. The molecule has 1 saturated heterocycles. The number of ether oxygens (including phenoxy) is 1. The summed E-state index contributed by atoms with van der Waals surface area (Å²) in [7, 11) is 0. The average Bonchev–Trinajstić information content (AvgIpc) is 3.03. The molecule has 1 N–H and O–H groups in total. The normalized spacial score (nSPS) is 17.8. The molecule has 0 saturated carbocycles. The van der Waals surface area contributed by atoms with Gasteiger partial charge in [0.2, 0.25) is 0 Å². The van der Waals surface area contributed by atoms with Gasteiger partial charge in [0.1, 0.15) is 10.7 Å². The van der Waals surface area contributed by atoms with Gasteiger partial charge in [0, 0.05) is 17.5 Å². The zero-order valence-corrected chi connectivity index (χ0v) is 14.3. The fraction of sp³-hybridized carbons (Fsp3) is 0.353. The van der Waals surface area contributed by atoms with Crippen molar-refractivity contribution in [1.82, 2.24) is 9.88 Å². The number of amides is 1. The summed E-state index contributed by atoms with van der Waals surface area (Å²) in [6, 6.07) is 5.11. The Bertz CT molecular complexity index is 787. The first kappa shape index (κ1) is 16.6. The summed E-state index contributed by atoms with van der Waals surface area (Å²) in [6.45, 7) is 4.64. The summed E-state index contributed by atoms with van der Waals surface area (Å²) >= 11 is 1.39. The van der Waals surface area contributed by atoms with E-state index in [9.17, 15) is 14.7 Å². The van der Waals surface area contributed by atoms with E-state index in [1.807, 2.05) is 26.0 Å². The minimum atomic E-state index is -1.06. The minimum Gasteiger partial charge on any atom is -0.480 e. The Morgan fingerprint density at radius 2 is 2.17 bits per heavy atom. The molecular formula is C17H18N2O4S. The molecule has 2 heterocycles. The number of thiazole rings is 1. The van der Waals surface area contributed by atoms with E-state index in [0.29, 0.717) is 6.61 Å². The lowest BCUT2D eigenvalue weighted by molar-refractivity contribution is -0.147. The monoisotopic (exact) mass is 346 g/mol. The maximum Gasteiger partial charge on any atom is 0.328 e. The van der Waals surface area contributed by atoms with Crippen LogP contribution in [0.3, 0.4) is 0 Å². The van der Waals surface area contributed by atoms with E-state index < -0.39 is 12.0 Å². The highest BCUT2D eigenvalue weighted by Gasteiger charge is 2.34. The molecule has 1 fully saturated rings. The Morgan fingerprint density at radius 1 is 1.38 bits per heavy atom. The van der Waals surface area contributed by atoms with Crippen molar-refractivity contribution in [3.05, 3.63) is 40.4 Å². The smallest absolute Gasteiger partial charge is 0.328 e. The van der Waals surface area contributed by atoms with Crippen LogP contribution in [-0.4, -0.2) is 52.7 Å². The summed E-state index contributed by atoms with van der Waals surface area (Å²) in [4.78, 5) is 29.7. The highest BCUT2D eigenvalue weighted by atomic mass is 32.1. The zero-order chi connectivity index (χ0) is 17.3. The molecule has 1 aromatic heterocycles. The molecule has 0 radical (unpaired) electrons. The predicted molar refractivity (Wildman–Crippen MR) is 90.3 cm³/mol. The second-order valence-electron chi connectivity index (χ2n) is 5.78. The molecule has 126 valence electrons. The van der Waals surface area contributed by atoms with Gasteiger partial charge < -0.3 is 14.7 Å². The summed E-state index contributed by atoms with van der Waals surface area (Å²) in [5, 5.41) is 11.7. The first-order chi connectivity index (χ1) is 11.5. The first-order valence-corrected chi connectivity index (χ1v) is 8.50. The Balaban J connectivity index is 1.87. The van der Waals surface area contributed by atoms with Crippen LogP contribution in [0.1, 0.15) is 21.6 Å². The SMILES string of the molecule is Cc1ccc(-c2nc(C(=O)N3CCOC[C@H]3C(=O)O)cs2)c(C)c1. The average molecular weight is 346 g/mol. The predicted octanol–water partition coefficient (Wildman–Crippen LogP) is 2.35. The molecule has 1 atom stereocenters. The summed E-state index contributed by atoms with van der Waals surface area (Å²) in [5.41, 5.74) is 3.53. The highest BCUT2D eigenvalue weighted by Crippen LogP contribution is 2.28. The van der Waals surface area contributed by atoms with Crippen molar-refractivity contribution in [2.24, 2.45) is 0 Å². The van der Waals surface area contributed by atoms with E-state index in [1.54, 1.807) is 5.38 Å². The summed E-state index contributed by atoms with van der Waals surface area (Å²) < 4.78 is 5.17. The molecule has 24 heavy (non-hydrogen) atoms. The lowest BCUT2D eigenvalue weighted by Crippen LogP contribution is -2.52. The topological polar surface area (TPSA) is 79.7 Å². The van der Waals surface area contributed by atoms with Gasteiger partial charge in [-0.2, -0.15) is 0 Å². The Morgan fingerprint density at radius 3 is 2.88 bits per heavy atom. The van der Waals surface area contributed by atoms with E-state index in [0.717, 1.165) is 16.1 Å². The van der Waals surface area contributed by atoms with Gasteiger partial charge in [-0.15, -0.1) is 11.3 Å². The van der Waals surface area contributed by atoms with Crippen LogP contribution in [0.5, 0.6) is 0 Å². The zero-order valence-electron chi connectivity index (χ0n) is 13.5. The number of carbonyl (C=O) groups excluding carboxylic acids is 1. The summed E-state index contributed by atoms with van der Waals surface area (Å²) in [6.07, 6.45) is 0. The van der Waals surface area contributed by atoms with Crippen LogP contribution in [0.4, 0.5) is 0 Å². The molecule has 1 aromatic carbocycles. The van der Waals surface area contributed by atoms with Crippen LogP contribution in [0.15, 0.2) is 23.6 Å². The first-order valence-electron chi connectivity index (χ1n) is 7.62. The number of hydrogen-bond donors (Lipinski definition) is 1. The molecule has 3 rings (SSSR count). The Hall–Kier alpha value is -2.25. The standard InChI is InChI=1S/C17H18N2O4S/c1-10-3-4-12(11(2)7-10)15-18-13(9-24-15)16(20)19-5-6-23-8-14(19)17(21)22/h3-4,7,9,14H,5-6,8H2,1-2H3,(H,21,22)/t14-/m0/s1. The number of nitrogens with zero attached hydrogens (tertiary/aromatic N) is 2. The van der Waals surface area contributed by atoms with E-state index in [1.165, 1.54) is 21.8 Å². The van der Waals surface area contributed by atoms with Gasteiger partial charge in [0.25, 0.3) is 5.91 Å². The lowest BCUT2D eigenvalue weighted by Gasteiger charge is -2.32. The molecule has 2 aromatic rings. The van der Waals surface area contributed by atoms with Crippen LogP contribution in [0, 0.1) is 13.8 Å². The Labute approximate surface area is 143 Å². The fourth-order valence-electron chi connectivity index (χ4n) is 2.75. The number of aryl methyl sites for hydroxylation is 2. The number of aromatic nitrogens is 1. The van der Waals surface area contributed by atoms with Crippen molar-refractivity contribution in [2.45, 2.75) is 19.9 Å². The van der Waals surface area contributed by atoms with Crippen LogP contribution < -0.4 is 0 Å². The number of carboxylic acid groups (broad SMARTS) is 1. The second-order valence-corrected chi connectivity index (χ2v) is 6.64. The summed E-state index contributed by atoms with van der Waals surface area (Å²) in [5.74, 6) is -1.43. The number of hydrogen-bond acceptors (Lipinski definition) is 5. The van der Waals surface area contributed by atoms with Crippen molar-refractivity contribution in [2.75, 3.05) is 19.8 Å². The molecule has 0 bridgehead atoms. The van der Waals surface area contributed by atoms with Crippen molar-refractivity contribution >= 4 is 23.2 Å². The quantitative estimate of drug-likeness (QED) is 0.923. The van der Waals surface area contributed by atoms with E-state index in [2.05, 4.69) is 11.1 Å². The lowest BCUT2D eigenvalue weighted by atomic mass is 10.1. The van der Waals surface area contributed by atoms with Gasteiger partial charge in [-0.3, -0.25) is 4.79 Å². The molecule has 1 aliphatic rings. The van der Waals surface area contributed by atoms with Crippen molar-refractivity contribution < 1.29 is 19.4 Å². The third-order valence-electron chi connectivity index (χ3n) is 4.01. The molecular weight excluding hydrogens is 328 g/mol. The van der Waals surface area contributed by atoms with E-state index >= 15 is 0 Å². The molecule has 0 spiro atoms. The van der Waals surface area contributed by atoms with Crippen molar-refractivity contribution in [3.8, 4) is 10.6 Å². The molecule has 1 aliphatic heterocycles. The Kier molecular flexibility index (Phi) is 4.64. The van der Waals surface area contributed by atoms with Gasteiger partial charge in [-0.05, 0) is 19.4 Å². The van der Waals surface area contributed by atoms with Crippen LogP contribution >= 0.6 is 11.3 Å². The van der Waals surface area contributed by atoms with Gasteiger partial charge >= 0.3 is 5.97 Å². The third kappa shape index (κ3) is 3.18. The highest BCUT2D eigenvalue weighted by molar-refractivity contribution is 7.13. The second kappa shape index (κ2) is 6.70. The molecule has 0 unspecified atom stereocenters. The minimum absolute atomic E-state index is 0.00907. The van der Waals surface area contributed by atoms with Gasteiger partial charge in [0.15, 0.2) is 6.04 Å². The van der Waals surface area contributed by atoms with E-state index in [-0.39, 0.29) is 24.8 Å². The molecule has 0 aliphatic carbocycles. The van der Waals surface area contributed by atoms with Crippen LogP contribution in [-0.2, 0) is 9.53 Å². The van der Waals surface area contributed by atoms with Crippen LogP contribution in [0.25, 0.3) is 10.6 Å². The number of rotatable bonds is 3. The maximum absolute atomic E-state index is 12.6. The number of benzene rings is 1. The van der Waals surface area contributed by atoms with Crippen molar-refractivity contribution in [1.29, 1.82) is 0 Å². The molecule has 6 nitrogen and oxygen atoms in total. The van der Waals surface area contributed by atoms with Crippen LogP contribution in [0.2, 0.25) is 0 Å². The molecule has 1 amide bonds. The maximum atomic E-state index is 12.6. The van der Waals surface area contributed by atoms with Gasteiger partial charge in [0.05, 0.1) is 13.2 Å². The number of aliphatic carboxylic acids is 1. The van der Waals surface area contributed by atoms with E-state index in [4.69, 9.17) is 4.74 Å². The number of carbonyl (C=O) groups is 2. The third-order valence-corrected chi connectivity index (χ3v) is 4.89. The number of carboxylic acids is 1. The van der Waals surface area contributed by atoms with Gasteiger partial charge in [-0.25, -0.2) is 9.78 Å². The molecule has 7 heteroatoms. The number of morpholine rings is 1. The van der Waals surface area contributed by atoms with Gasteiger partial charge in [-0.1, -0.05) is 23.8 Å². The van der Waals surface area contributed by atoms with Crippen molar-refractivity contribution in [3.63, 3.8) is 0 Å².